The molecule has 0 atom stereocenters. The molecule has 1 fully saturated rings. The lowest BCUT2D eigenvalue weighted by Gasteiger charge is -2.40. The van der Waals surface area contributed by atoms with Gasteiger partial charge in [0.2, 0.25) is 11.8 Å². The van der Waals surface area contributed by atoms with Crippen LogP contribution in [0.25, 0.3) is 0 Å². The van der Waals surface area contributed by atoms with Crippen LogP contribution in [0.4, 0.5) is 11.4 Å². The van der Waals surface area contributed by atoms with Crippen molar-refractivity contribution in [2.75, 3.05) is 16.8 Å². The second-order valence-electron chi connectivity index (χ2n) is 8.10. The number of rotatable bonds is 7. The number of carbonyl (C=O) groups excluding carboxylic acids is 2. The highest BCUT2D eigenvalue weighted by Crippen LogP contribution is 2.44. The highest BCUT2D eigenvalue weighted by molar-refractivity contribution is 6.00. The predicted octanol–water partition coefficient (Wildman–Crippen LogP) is 5.34. The van der Waals surface area contributed by atoms with Gasteiger partial charge in [-0.1, -0.05) is 67.1 Å². The molecule has 0 spiro atoms. The molecule has 0 unspecified atom stereocenters. The minimum Gasteiger partial charge on any atom is -0.325 e. The van der Waals surface area contributed by atoms with Crippen LogP contribution in [0.3, 0.4) is 0 Å². The molecule has 3 aromatic rings. The Kier molecular flexibility index (Phi) is 6.17. The zero-order chi connectivity index (χ0) is 21.7. The van der Waals surface area contributed by atoms with E-state index in [2.05, 4.69) is 5.32 Å². The maximum Gasteiger partial charge on any atom is 0.235 e. The Morgan fingerprint density at radius 2 is 1.48 bits per heavy atom. The predicted molar refractivity (Wildman–Crippen MR) is 125 cm³/mol. The normalized spacial score (nSPS) is 14.4. The number of hydrogen-bond acceptors (Lipinski definition) is 2. The summed E-state index contributed by atoms with van der Waals surface area (Å²) < 4.78 is 0. The topological polar surface area (TPSA) is 49.4 Å². The van der Waals surface area contributed by atoms with Crippen molar-refractivity contribution in [3.63, 3.8) is 0 Å². The van der Waals surface area contributed by atoms with Crippen molar-refractivity contribution in [3.05, 3.63) is 96.1 Å². The molecule has 1 saturated carbocycles. The minimum absolute atomic E-state index is 0.0509. The highest BCUT2D eigenvalue weighted by Gasteiger charge is 2.45. The van der Waals surface area contributed by atoms with E-state index in [4.69, 9.17) is 0 Å². The van der Waals surface area contributed by atoms with Crippen LogP contribution in [0, 0.1) is 0 Å². The summed E-state index contributed by atoms with van der Waals surface area (Å²) in [5.74, 6) is 0.109. The van der Waals surface area contributed by atoms with Crippen LogP contribution in [-0.2, 0) is 21.4 Å². The van der Waals surface area contributed by atoms with Crippen LogP contribution in [0.5, 0.6) is 0 Å². The molecule has 0 bridgehead atoms. The van der Waals surface area contributed by atoms with Crippen molar-refractivity contribution in [1.82, 2.24) is 0 Å². The quantitative estimate of drug-likeness (QED) is 0.569. The lowest BCUT2D eigenvalue weighted by Crippen LogP contribution is -2.45. The van der Waals surface area contributed by atoms with E-state index in [9.17, 15) is 9.59 Å². The SMILES string of the molecule is CCN(C(=O)Cc1ccc(NC(=O)C2(c3ccccc3)CCC2)cc1)c1ccccc1. The first-order valence-corrected chi connectivity index (χ1v) is 10.9. The Morgan fingerprint density at radius 3 is 2.03 bits per heavy atom. The van der Waals surface area contributed by atoms with E-state index in [1.807, 2.05) is 91.9 Å². The first kappa shape index (κ1) is 20.9. The van der Waals surface area contributed by atoms with E-state index in [0.29, 0.717) is 13.0 Å². The van der Waals surface area contributed by atoms with Gasteiger partial charge in [-0.25, -0.2) is 0 Å². The lowest BCUT2D eigenvalue weighted by molar-refractivity contribution is -0.124. The molecule has 0 radical (unpaired) electrons. The van der Waals surface area contributed by atoms with Gasteiger partial charge in [0.25, 0.3) is 0 Å². The first-order chi connectivity index (χ1) is 15.1. The molecule has 3 aromatic carbocycles. The fourth-order valence-electron chi connectivity index (χ4n) is 4.27. The second kappa shape index (κ2) is 9.17. The molecule has 4 heteroatoms. The van der Waals surface area contributed by atoms with Crippen molar-refractivity contribution in [3.8, 4) is 0 Å². The van der Waals surface area contributed by atoms with E-state index in [1.54, 1.807) is 4.90 Å². The van der Waals surface area contributed by atoms with Gasteiger partial charge in [0.15, 0.2) is 0 Å². The van der Waals surface area contributed by atoms with Gasteiger partial charge in [-0.05, 0) is 55.2 Å². The third-order valence-corrected chi connectivity index (χ3v) is 6.22. The summed E-state index contributed by atoms with van der Waals surface area (Å²) in [5, 5.41) is 3.09. The van der Waals surface area contributed by atoms with Crippen LogP contribution in [0.15, 0.2) is 84.9 Å². The van der Waals surface area contributed by atoms with Crippen LogP contribution in [0.2, 0.25) is 0 Å². The molecule has 0 saturated heterocycles. The Labute approximate surface area is 183 Å². The lowest BCUT2D eigenvalue weighted by atomic mass is 9.64. The summed E-state index contributed by atoms with van der Waals surface area (Å²) in [4.78, 5) is 27.7. The molecular formula is C27H28N2O2. The molecule has 0 aliphatic heterocycles. The molecule has 0 heterocycles. The standard InChI is InChI=1S/C27H28N2O2/c1-2-29(24-12-7-4-8-13-24)25(30)20-21-14-16-23(17-15-21)28-26(31)27(18-9-19-27)22-10-5-3-6-11-22/h3-8,10-17H,2,9,18-20H2,1H3,(H,28,31). The number of carbonyl (C=O) groups is 2. The average molecular weight is 413 g/mol. The number of anilines is 2. The molecule has 0 aromatic heterocycles. The van der Waals surface area contributed by atoms with Gasteiger partial charge in [-0.3, -0.25) is 9.59 Å². The molecule has 4 rings (SSSR count). The monoisotopic (exact) mass is 412 g/mol. The number of hydrogen-bond donors (Lipinski definition) is 1. The number of likely N-dealkylation sites (N-methyl/N-ethyl adjacent to an activating group) is 1. The maximum atomic E-state index is 13.1. The second-order valence-corrected chi connectivity index (χ2v) is 8.10. The van der Waals surface area contributed by atoms with Crippen LogP contribution < -0.4 is 10.2 Å². The van der Waals surface area contributed by atoms with Crippen LogP contribution in [-0.4, -0.2) is 18.4 Å². The van der Waals surface area contributed by atoms with Crippen molar-refractivity contribution in [1.29, 1.82) is 0 Å². The van der Waals surface area contributed by atoms with Crippen LogP contribution >= 0.6 is 0 Å². The Hall–Kier alpha value is -3.40. The van der Waals surface area contributed by atoms with Gasteiger partial charge < -0.3 is 10.2 Å². The minimum atomic E-state index is -0.423. The van der Waals surface area contributed by atoms with Crippen molar-refractivity contribution in [2.45, 2.75) is 38.0 Å². The number of amides is 2. The fraction of sp³-hybridized carbons (Fsp3) is 0.259. The number of benzene rings is 3. The van der Waals surface area contributed by atoms with Gasteiger partial charge in [0, 0.05) is 17.9 Å². The van der Waals surface area contributed by atoms with Gasteiger partial charge >= 0.3 is 0 Å². The summed E-state index contributed by atoms with van der Waals surface area (Å²) in [6.45, 7) is 2.60. The molecule has 1 aliphatic carbocycles. The molecule has 1 aliphatic rings. The summed E-state index contributed by atoms with van der Waals surface area (Å²) in [6, 6.07) is 27.4. The van der Waals surface area contributed by atoms with Crippen molar-refractivity contribution >= 4 is 23.2 Å². The summed E-state index contributed by atoms with van der Waals surface area (Å²) in [6.07, 6.45) is 3.15. The highest BCUT2D eigenvalue weighted by atomic mass is 16.2. The van der Waals surface area contributed by atoms with E-state index >= 15 is 0 Å². The number of nitrogens with zero attached hydrogens (tertiary/aromatic N) is 1. The van der Waals surface area contributed by atoms with E-state index in [0.717, 1.165) is 41.8 Å². The summed E-state index contributed by atoms with van der Waals surface area (Å²) in [5.41, 5.74) is 3.26. The van der Waals surface area contributed by atoms with Gasteiger partial charge in [-0.2, -0.15) is 0 Å². The number of nitrogens with one attached hydrogen (secondary N) is 1. The Morgan fingerprint density at radius 1 is 0.871 bits per heavy atom. The van der Waals surface area contributed by atoms with E-state index in [-0.39, 0.29) is 11.8 Å². The fourth-order valence-corrected chi connectivity index (χ4v) is 4.27. The maximum absolute atomic E-state index is 13.1. The largest absolute Gasteiger partial charge is 0.325 e. The zero-order valence-electron chi connectivity index (χ0n) is 17.9. The molecule has 31 heavy (non-hydrogen) atoms. The summed E-state index contributed by atoms with van der Waals surface area (Å²) >= 11 is 0. The molecule has 4 nitrogen and oxygen atoms in total. The molecule has 1 N–H and O–H groups in total. The first-order valence-electron chi connectivity index (χ1n) is 10.9. The average Bonchev–Trinajstić information content (AvgIpc) is 2.76. The summed E-state index contributed by atoms with van der Waals surface area (Å²) in [7, 11) is 0. The molecule has 2 amide bonds. The van der Waals surface area contributed by atoms with E-state index < -0.39 is 5.41 Å². The molecular weight excluding hydrogens is 384 g/mol. The van der Waals surface area contributed by atoms with Crippen molar-refractivity contribution < 1.29 is 9.59 Å². The van der Waals surface area contributed by atoms with Gasteiger partial charge in [0.1, 0.15) is 0 Å². The van der Waals surface area contributed by atoms with Crippen molar-refractivity contribution in [2.24, 2.45) is 0 Å². The third kappa shape index (κ3) is 4.38. The Balaban J connectivity index is 1.41. The Bertz CT molecular complexity index is 1030. The number of para-hydroxylation sites is 1. The van der Waals surface area contributed by atoms with E-state index in [1.165, 1.54) is 0 Å². The third-order valence-electron chi connectivity index (χ3n) is 6.22. The zero-order valence-corrected chi connectivity index (χ0v) is 17.9. The molecule has 158 valence electrons. The smallest absolute Gasteiger partial charge is 0.235 e. The van der Waals surface area contributed by atoms with Gasteiger partial charge in [-0.15, -0.1) is 0 Å². The van der Waals surface area contributed by atoms with Crippen LogP contribution in [0.1, 0.15) is 37.3 Å². The van der Waals surface area contributed by atoms with Gasteiger partial charge in [0.05, 0.1) is 11.8 Å².